The molecule has 0 saturated carbocycles. The predicted octanol–water partition coefficient (Wildman–Crippen LogP) is 2.87. The highest BCUT2D eigenvalue weighted by molar-refractivity contribution is 4.70. The zero-order chi connectivity index (χ0) is 9.72. The summed E-state index contributed by atoms with van der Waals surface area (Å²) in [6.07, 6.45) is 1.30. The van der Waals surface area contributed by atoms with Gasteiger partial charge in [-0.25, -0.2) is 0 Å². The fraction of sp³-hybridized carbons (Fsp3) is 1.00. The lowest BCUT2D eigenvalue weighted by atomic mass is 9.83. The molecule has 74 valence electrons. The third kappa shape index (κ3) is 4.10. The van der Waals surface area contributed by atoms with Crippen LogP contribution in [0.5, 0.6) is 0 Å². The molecule has 0 radical (unpaired) electrons. The van der Waals surface area contributed by atoms with Crippen LogP contribution in [0.2, 0.25) is 0 Å². The Hall–Kier alpha value is -0.0400. The van der Waals surface area contributed by atoms with Crippen molar-refractivity contribution in [3.8, 4) is 0 Å². The lowest BCUT2D eigenvalue weighted by Gasteiger charge is -2.29. The van der Waals surface area contributed by atoms with Crippen molar-refractivity contribution in [1.82, 2.24) is 4.90 Å². The van der Waals surface area contributed by atoms with Crippen LogP contribution in [0.1, 0.15) is 34.1 Å². The first-order valence-corrected chi connectivity index (χ1v) is 5.13. The van der Waals surface area contributed by atoms with Crippen molar-refractivity contribution in [3.63, 3.8) is 0 Å². The van der Waals surface area contributed by atoms with E-state index in [1.807, 2.05) is 0 Å². The largest absolute Gasteiger partial charge is 0.309 e. The van der Waals surface area contributed by atoms with Gasteiger partial charge in [0.1, 0.15) is 0 Å². The number of nitrogens with zero attached hydrogens (tertiary/aromatic N) is 1. The Balaban J connectivity index is 4.03. The van der Waals surface area contributed by atoms with Gasteiger partial charge in [0, 0.05) is 6.54 Å². The summed E-state index contributed by atoms with van der Waals surface area (Å²) in [5.74, 6) is 2.51. The normalized spacial score (nSPS) is 17.0. The van der Waals surface area contributed by atoms with Gasteiger partial charge in [-0.3, -0.25) is 0 Å². The third-order valence-corrected chi connectivity index (χ3v) is 2.81. The maximum atomic E-state index is 2.37. The van der Waals surface area contributed by atoms with Crippen LogP contribution in [-0.2, 0) is 0 Å². The first-order valence-electron chi connectivity index (χ1n) is 5.13. The molecule has 0 bridgehead atoms. The minimum atomic E-state index is 0.808. The third-order valence-electron chi connectivity index (χ3n) is 2.81. The van der Waals surface area contributed by atoms with Crippen LogP contribution in [0, 0.1) is 17.8 Å². The summed E-state index contributed by atoms with van der Waals surface area (Å²) in [4.78, 5) is 2.30. The summed E-state index contributed by atoms with van der Waals surface area (Å²) < 4.78 is 0. The molecule has 1 nitrogen and oxygen atoms in total. The van der Waals surface area contributed by atoms with Crippen molar-refractivity contribution in [3.05, 3.63) is 0 Å². The van der Waals surface area contributed by atoms with Gasteiger partial charge in [0.2, 0.25) is 0 Å². The van der Waals surface area contributed by atoms with E-state index in [-0.39, 0.29) is 0 Å². The Bertz CT molecular complexity index is 108. The topological polar surface area (TPSA) is 3.24 Å². The van der Waals surface area contributed by atoms with E-state index < -0.39 is 0 Å². The number of hydrogen-bond donors (Lipinski definition) is 0. The average Bonchev–Trinajstić information content (AvgIpc) is 1.98. The lowest BCUT2D eigenvalue weighted by Crippen LogP contribution is -2.29. The molecule has 0 aromatic carbocycles. The molecule has 0 aliphatic carbocycles. The summed E-state index contributed by atoms with van der Waals surface area (Å²) in [5.41, 5.74) is 0. The summed E-state index contributed by atoms with van der Waals surface area (Å²) in [7, 11) is 4.33. The Morgan fingerprint density at radius 1 is 1.08 bits per heavy atom. The predicted molar refractivity (Wildman–Crippen MR) is 56.3 cm³/mol. The van der Waals surface area contributed by atoms with Gasteiger partial charge >= 0.3 is 0 Å². The van der Waals surface area contributed by atoms with Crippen LogP contribution in [0.15, 0.2) is 0 Å². The standard InChI is InChI=1S/C11H25N/c1-7-10(4)11(9(2)3)8-12(5)6/h9-11H,7-8H2,1-6H3/t10-,11?/m1/s1. The van der Waals surface area contributed by atoms with Gasteiger partial charge in [-0.1, -0.05) is 34.1 Å². The van der Waals surface area contributed by atoms with E-state index in [0.717, 1.165) is 17.8 Å². The molecule has 2 atom stereocenters. The molecule has 0 spiro atoms. The van der Waals surface area contributed by atoms with Gasteiger partial charge in [0.05, 0.1) is 0 Å². The van der Waals surface area contributed by atoms with E-state index in [1.54, 1.807) is 0 Å². The van der Waals surface area contributed by atoms with Crippen LogP contribution in [-0.4, -0.2) is 25.5 Å². The molecule has 0 rings (SSSR count). The highest BCUT2D eigenvalue weighted by atomic mass is 15.1. The van der Waals surface area contributed by atoms with Gasteiger partial charge in [-0.15, -0.1) is 0 Å². The second-order valence-corrected chi connectivity index (χ2v) is 4.56. The summed E-state index contributed by atoms with van der Waals surface area (Å²) in [5, 5.41) is 0. The SMILES string of the molecule is CC[C@@H](C)C(CN(C)C)C(C)C. The summed E-state index contributed by atoms with van der Waals surface area (Å²) >= 11 is 0. The van der Waals surface area contributed by atoms with Crippen LogP contribution >= 0.6 is 0 Å². The molecule has 0 N–H and O–H groups in total. The maximum Gasteiger partial charge on any atom is 0.000855 e. The van der Waals surface area contributed by atoms with E-state index in [2.05, 4.69) is 46.7 Å². The molecular weight excluding hydrogens is 146 g/mol. The van der Waals surface area contributed by atoms with Crippen molar-refractivity contribution < 1.29 is 0 Å². The van der Waals surface area contributed by atoms with Crippen LogP contribution in [0.3, 0.4) is 0 Å². The Morgan fingerprint density at radius 2 is 1.58 bits per heavy atom. The highest BCUT2D eigenvalue weighted by Crippen LogP contribution is 2.23. The highest BCUT2D eigenvalue weighted by Gasteiger charge is 2.19. The number of hydrogen-bond acceptors (Lipinski definition) is 1. The average molecular weight is 171 g/mol. The number of rotatable bonds is 5. The van der Waals surface area contributed by atoms with Crippen molar-refractivity contribution in [2.24, 2.45) is 17.8 Å². The first-order chi connectivity index (χ1) is 5.49. The molecule has 0 saturated heterocycles. The molecule has 0 aromatic heterocycles. The molecule has 12 heavy (non-hydrogen) atoms. The first kappa shape index (κ1) is 12.0. The molecule has 0 aliphatic heterocycles. The molecule has 1 unspecified atom stereocenters. The fourth-order valence-electron chi connectivity index (χ4n) is 1.77. The monoisotopic (exact) mass is 171 g/mol. The minimum Gasteiger partial charge on any atom is -0.309 e. The molecule has 1 heteroatoms. The Kier molecular flexibility index (Phi) is 5.56. The van der Waals surface area contributed by atoms with E-state index >= 15 is 0 Å². The van der Waals surface area contributed by atoms with Crippen molar-refractivity contribution in [1.29, 1.82) is 0 Å². The molecule has 0 heterocycles. The van der Waals surface area contributed by atoms with E-state index in [1.165, 1.54) is 13.0 Å². The van der Waals surface area contributed by atoms with Crippen LogP contribution in [0.25, 0.3) is 0 Å². The quantitative estimate of drug-likeness (QED) is 0.615. The molecule has 0 amide bonds. The molecule has 0 fully saturated rings. The van der Waals surface area contributed by atoms with Gasteiger partial charge < -0.3 is 4.90 Å². The molecular formula is C11H25N. The summed E-state index contributed by atoms with van der Waals surface area (Å²) in [6, 6.07) is 0. The van der Waals surface area contributed by atoms with Crippen molar-refractivity contribution >= 4 is 0 Å². The maximum absolute atomic E-state index is 2.37. The van der Waals surface area contributed by atoms with E-state index in [4.69, 9.17) is 0 Å². The molecule has 0 aromatic rings. The lowest BCUT2D eigenvalue weighted by molar-refractivity contribution is 0.198. The minimum absolute atomic E-state index is 0.808. The second kappa shape index (κ2) is 5.58. The van der Waals surface area contributed by atoms with E-state index in [9.17, 15) is 0 Å². The fourth-order valence-corrected chi connectivity index (χ4v) is 1.77. The second-order valence-electron chi connectivity index (χ2n) is 4.56. The van der Waals surface area contributed by atoms with Gasteiger partial charge in [0.15, 0.2) is 0 Å². The van der Waals surface area contributed by atoms with Gasteiger partial charge in [-0.05, 0) is 31.8 Å². The van der Waals surface area contributed by atoms with Crippen molar-refractivity contribution in [2.75, 3.05) is 20.6 Å². The summed E-state index contributed by atoms with van der Waals surface area (Å²) in [6.45, 7) is 10.6. The van der Waals surface area contributed by atoms with E-state index in [0.29, 0.717) is 0 Å². The smallest absolute Gasteiger partial charge is 0.000855 e. The zero-order valence-corrected chi connectivity index (χ0v) is 9.59. The zero-order valence-electron chi connectivity index (χ0n) is 9.59. The van der Waals surface area contributed by atoms with Gasteiger partial charge in [0.25, 0.3) is 0 Å². The van der Waals surface area contributed by atoms with Gasteiger partial charge in [-0.2, -0.15) is 0 Å². The van der Waals surface area contributed by atoms with Crippen LogP contribution in [0.4, 0.5) is 0 Å². The molecule has 0 aliphatic rings. The Morgan fingerprint density at radius 3 is 1.83 bits per heavy atom. The van der Waals surface area contributed by atoms with Crippen LogP contribution < -0.4 is 0 Å². The Labute approximate surface area is 78.1 Å². The van der Waals surface area contributed by atoms with Crippen molar-refractivity contribution in [2.45, 2.75) is 34.1 Å².